The Balaban J connectivity index is 1.61. The summed E-state index contributed by atoms with van der Waals surface area (Å²) in [6.45, 7) is 1.70. The van der Waals surface area contributed by atoms with E-state index in [9.17, 15) is 0 Å². The first-order valence-electron chi connectivity index (χ1n) is 5.90. The lowest BCUT2D eigenvalue weighted by Gasteiger charge is -2.03. The number of aliphatic hydroxyl groups is 2. The zero-order chi connectivity index (χ0) is 13.5. The van der Waals surface area contributed by atoms with Crippen LogP contribution in [-0.2, 0) is 13.2 Å². The second kappa shape index (κ2) is 7.39. The highest BCUT2D eigenvalue weighted by Crippen LogP contribution is 2.18. The molecule has 2 rings (SSSR count). The van der Waals surface area contributed by atoms with Crippen molar-refractivity contribution in [1.29, 1.82) is 0 Å². The monoisotopic (exact) mass is 300 g/mol. The maximum Gasteiger partial charge on any atom is 0.182 e. The molecule has 6 nitrogen and oxygen atoms in total. The standard InChI is InChI=1S/C11H16N4O2S2/c16-6-8-4-14-10(18-8)12-2-1-3-13-11-15-5-9(7-17)19-11/h4-5,16-17H,1-3,6-7H2,(H,12,14)(H,13,15). The van der Waals surface area contributed by atoms with Crippen molar-refractivity contribution in [2.24, 2.45) is 0 Å². The number of nitrogens with zero attached hydrogens (tertiary/aromatic N) is 2. The number of rotatable bonds is 8. The molecule has 19 heavy (non-hydrogen) atoms. The summed E-state index contributed by atoms with van der Waals surface area (Å²) >= 11 is 2.93. The van der Waals surface area contributed by atoms with Crippen LogP contribution in [-0.4, -0.2) is 33.3 Å². The van der Waals surface area contributed by atoms with Gasteiger partial charge in [0.1, 0.15) is 0 Å². The minimum atomic E-state index is 0.0398. The zero-order valence-corrected chi connectivity index (χ0v) is 11.9. The fourth-order valence-corrected chi connectivity index (χ4v) is 2.80. The maximum atomic E-state index is 8.92. The molecule has 0 fully saturated rings. The van der Waals surface area contributed by atoms with Gasteiger partial charge in [-0.25, -0.2) is 9.97 Å². The molecule has 0 unspecified atom stereocenters. The number of nitrogens with one attached hydrogen (secondary N) is 2. The number of anilines is 2. The Morgan fingerprint density at radius 3 is 1.74 bits per heavy atom. The van der Waals surface area contributed by atoms with Crippen LogP contribution in [0.5, 0.6) is 0 Å². The smallest absolute Gasteiger partial charge is 0.182 e. The van der Waals surface area contributed by atoms with Crippen LogP contribution in [0.4, 0.5) is 10.3 Å². The van der Waals surface area contributed by atoms with Gasteiger partial charge in [-0.3, -0.25) is 0 Å². The molecule has 0 atom stereocenters. The highest BCUT2D eigenvalue weighted by Gasteiger charge is 2.01. The first kappa shape index (κ1) is 14.2. The van der Waals surface area contributed by atoms with E-state index in [0.29, 0.717) is 0 Å². The van der Waals surface area contributed by atoms with Gasteiger partial charge >= 0.3 is 0 Å². The summed E-state index contributed by atoms with van der Waals surface area (Å²) in [5.41, 5.74) is 0. The van der Waals surface area contributed by atoms with E-state index in [1.165, 1.54) is 22.7 Å². The molecule has 2 aromatic heterocycles. The van der Waals surface area contributed by atoms with Gasteiger partial charge in [-0.1, -0.05) is 22.7 Å². The Kier molecular flexibility index (Phi) is 5.52. The van der Waals surface area contributed by atoms with Gasteiger partial charge in [0, 0.05) is 25.5 Å². The Labute approximate surface area is 119 Å². The molecule has 0 saturated heterocycles. The lowest BCUT2D eigenvalue weighted by atomic mass is 10.4. The van der Waals surface area contributed by atoms with E-state index in [-0.39, 0.29) is 13.2 Å². The van der Waals surface area contributed by atoms with Gasteiger partial charge in [0.05, 0.1) is 23.0 Å². The molecular formula is C11H16N4O2S2. The topological polar surface area (TPSA) is 90.3 Å². The highest BCUT2D eigenvalue weighted by atomic mass is 32.1. The van der Waals surface area contributed by atoms with Crippen molar-refractivity contribution >= 4 is 32.9 Å². The molecule has 0 aliphatic carbocycles. The van der Waals surface area contributed by atoms with E-state index in [2.05, 4.69) is 20.6 Å². The molecule has 104 valence electrons. The number of hydrogen-bond donors (Lipinski definition) is 4. The molecule has 0 radical (unpaired) electrons. The Bertz CT molecular complexity index is 456. The zero-order valence-electron chi connectivity index (χ0n) is 10.3. The molecule has 2 heterocycles. The summed E-state index contributed by atoms with van der Waals surface area (Å²) in [5, 5.41) is 25.9. The Morgan fingerprint density at radius 2 is 1.37 bits per heavy atom. The largest absolute Gasteiger partial charge is 0.391 e. The van der Waals surface area contributed by atoms with Gasteiger partial charge < -0.3 is 20.8 Å². The highest BCUT2D eigenvalue weighted by molar-refractivity contribution is 7.15. The molecule has 8 heteroatoms. The molecular weight excluding hydrogens is 284 g/mol. The van der Waals surface area contributed by atoms with Crippen LogP contribution in [0.15, 0.2) is 12.4 Å². The van der Waals surface area contributed by atoms with Crippen LogP contribution in [0.1, 0.15) is 16.2 Å². The average molecular weight is 300 g/mol. The van der Waals surface area contributed by atoms with Crippen molar-refractivity contribution in [2.45, 2.75) is 19.6 Å². The maximum absolute atomic E-state index is 8.92. The van der Waals surface area contributed by atoms with Gasteiger partial charge in [0.2, 0.25) is 0 Å². The fraction of sp³-hybridized carbons (Fsp3) is 0.455. The molecule has 0 spiro atoms. The lowest BCUT2D eigenvalue weighted by Crippen LogP contribution is -2.08. The Morgan fingerprint density at radius 1 is 0.895 bits per heavy atom. The van der Waals surface area contributed by atoms with Crippen LogP contribution in [0, 0.1) is 0 Å². The van der Waals surface area contributed by atoms with E-state index in [0.717, 1.165) is 39.5 Å². The lowest BCUT2D eigenvalue weighted by molar-refractivity contribution is 0.285. The van der Waals surface area contributed by atoms with Crippen molar-refractivity contribution in [3.63, 3.8) is 0 Å². The van der Waals surface area contributed by atoms with Crippen LogP contribution >= 0.6 is 22.7 Å². The second-order valence-electron chi connectivity index (χ2n) is 3.79. The van der Waals surface area contributed by atoms with E-state index >= 15 is 0 Å². The van der Waals surface area contributed by atoms with Gasteiger partial charge in [0.15, 0.2) is 10.3 Å². The molecule has 2 aromatic rings. The van der Waals surface area contributed by atoms with E-state index in [1.54, 1.807) is 12.4 Å². The number of hydrogen-bond acceptors (Lipinski definition) is 8. The van der Waals surface area contributed by atoms with Crippen molar-refractivity contribution in [2.75, 3.05) is 23.7 Å². The number of aromatic nitrogens is 2. The minimum absolute atomic E-state index is 0.0398. The van der Waals surface area contributed by atoms with Gasteiger partial charge in [-0.05, 0) is 6.42 Å². The molecule has 0 aromatic carbocycles. The third-order valence-corrected chi connectivity index (χ3v) is 4.20. The third-order valence-electron chi connectivity index (χ3n) is 2.32. The van der Waals surface area contributed by atoms with Crippen LogP contribution < -0.4 is 10.6 Å². The molecule has 0 saturated carbocycles. The van der Waals surface area contributed by atoms with Crippen molar-refractivity contribution in [3.8, 4) is 0 Å². The number of aliphatic hydroxyl groups excluding tert-OH is 2. The molecule has 0 aliphatic heterocycles. The van der Waals surface area contributed by atoms with Gasteiger partial charge in [-0.2, -0.15) is 0 Å². The van der Waals surface area contributed by atoms with Crippen molar-refractivity contribution in [3.05, 3.63) is 22.1 Å². The second-order valence-corrected chi connectivity index (χ2v) is 6.02. The third kappa shape index (κ3) is 4.43. The average Bonchev–Trinajstić information content (AvgIpc) is 3.06. The quantitative estimate of drug-likeness (QED) is 0.552. The van der Waals surface area contributed by atoms with Crippen LogP contribution in [0.25, 0.3) is 0 Å². The van der Waals surface area contributed by atoms with Crippen molar-refractivity contribution in [1.82, 2.24) is 9.97 Å². The van der Waals surface area contributed by atoms with Crippen LogP contribution in [0.2, 0.25) is 0 Å². The van der Waals surface area contributed by atoms with Gasteiger partial charge in [0.25, 0.3) is 0 Å². The Hall–Kier alpha value is -1.22. The van der Waals surface area contributed by atoms with Crippen molar-refractivity contribution < 1.29 is 10.2 Å². The first-order valence-corrected chi connectivity index (χ1v) is 7.54. The molecule has 4 N–H and O–H groups in total. The summed E-state index contributed by atoms with van der Waals surface area (Å²) in [7, 11) is 0. The van der Waals surface area contributed by atoms with E-state index in [1.807, 2.05) is 0 Å². The minimum Gasteiger partial charge on any atom is -0.391 e. The molecule has 0 bridgehead atoms. The van der Waals surface area contributed by atoms with Gasteiger partial charge in [-0.15, -0.1) is 0 Å². The molecule has 0 aliphatic rings. The summed E-state index contributed by atoms with van der Waals surface area (Å²) in [6.07, 6.45) is 4.29. The fourth-order valence-electron chi connectivity index (χ4n) is 1.40. The normalized spacial score (nSPS) is 10.6. The van der Waals surface area contributed by atoms with E-state index in [4.69, 9.17) is 10.2 Å². The summed E-state index contributed by atoms with van der Waals surface area (Å²) in [5.74, 6) is 0. The van der Waals surface area contributed by atoms with E-state index < -0.39 is 0 Å². The predicted octanol–water partition coefficient (Wildman–Crippen LogP) is 1.50. The summed E-state index contributed by atoms with van der Waals surface area (Å²) < 4.78 is 0. The SMILES string of the molecule is OCc1cnc(NCCCNc2ncc(CO)s2)s1. The number of thiazole rings is 2. The first-order chi connectivity index (χ1) is 9.31. The summed E-state index contributed by atoms with van der Waals surface area (Å²) in [6, 6.07) is 0. The molecule has 0 amide bonds. The summed E-state index contributed by atoms with van der Waals surface area (Å²) in [4.78, 5) is 10.0. The predicted molar refractivity (Wildman–Crippen MR) is 77.7 cm³/mol. The van der Waals surface area contributed by atoms with Crippen LogP contribution in [0.3, 0.4) is 0 Å².